The Labute approximate surface area is 188 Å². The van der Waals surface area contributed by atoms with Crippen molar-refractivity contribution in [1.29, 1.82) is 0 Å². The number of hydrogen-bond donors (Lipinski definition) is 1. The molecule has 2 amide bonds. The molecule has 2 aromatic rings. The maximum Gasteiger partial charge on any atom is 0.331 e. The van der Waals surface area contributed by atoms with Gasteiger partial charge in [0.05, 0.1) is 19.8 Å². The Bertz CT molecular complexity index is 916. The minimum absolute atomic E-state index is 0.148. The van der Waals surface area contributed by atoms with Crippen LogP contribution in [0.1, 0.15) is 18.1 Å². The van der Waals surface area contributed by atoms with Gasteiger partial charge >= 0.3 is 12.0 Å². The number of carbonyl (C=O) groups excluding carboxylic acids is 2. The predicted molar refractivity (Wildman–Crippen MR) is 121 cm³/mol. The number of hydrogen-bond acceptors (Lipinski definition) is 5. The largest absolute Gasteiger partial charge is 0.497 e. The van der Waals surface area contributed by atoms with Crippen LogP contribution in [0.2, 0.25) is 0 Å². The fraction of sp³-hybridized carbons (Fsp3) is 0.360. The van der Waals surface area contributed by atoms with Crippen LogP contribution in [0.15, 0.2) is 67.3 Å². The molecule has 2 aromatic carbocycles. The molecule has 3 atom stereocenters. The molecule has 3 rings (SSSR count). The lowest BCUT2D eigenvalue weighted by Crippen LogP contribution is -2.68. The smallest absolute Gasteiger partial charge is 0.331 e. The molecule has 0 radical (unpaired) electrons. The second-order valence-corrected chi connectivity index (χ2v) is 7.64. The Kier molecular flexibility index (Phi) is 7.89. The molecule has 0 aliphatic carbocycles. The minimum atomic E-state index is -1.13. The Morgan fingerprint density at radius 2 is 1.78 bits per heavy atom. The number of urea groups is 1. The first kappa shape index (κ1) is 23.3. The van der Waals surface area contributed by atoms with Gasteiger partial charge in [-0.3, -0.25) is 0 Å². The SMILES string of the molecule is C=CCN1C(=O)N(Cc2ccc(OC)cc2)[C@@H](C(=O)OCC)[C@H](O)[C@@H]1Cc1ccccc1. The second-order valence-electron chi connectivity index (χ2n) is 7.64. The number of carbonyl (C=O) groups is 2. The second kappa shape index (κ2) is 10.8. The Balaban J connectivity index is 1.95. The molecule has 170 valence electrons. The first-order valence-corrected chi connectivity index (χ1v) is 10.7. The first-order chi connectivity index (χ1) is 15.5. The Morgan fingerprint density at radius 3 is 2.38 bits per heavy atom. The molecule has 32 heavy (non-hydrogen) atoms. The van der Waals surface area contributed by atoms with Crippen molar-refractivity contribution in [1.82, 2.24) is 9.80 Å². The van der Waals surface area contributed by atoms with Gasteiger partial charge in [0, 0.05) is 13.1 Å². The molecule has 1 heterocycles. The summed E-state index contributed by atoms with van der Waals surface area (Å²) in [4.78, 5) is 29.4. The third kappa shape index (κ3) is 5.11. The van der Waals surface area contributed by atoms with Gasteiger partial charge in [-0.25, -0.2) is 9.59 Å². The fourth-order valence-electron chi connectivity index (χ4n) is 4.03. The Hall–Kier alpha value is -3.32. The molecule has 7 heteroatoms. The van der Waals surface area contributed by atoms with Gasteiger partial charge in [-0.1, -0.05) is 48.5 Å². The van der Waals surface area contributed by atoms with E-state index in [0.29, 0.717) is 12.2 Å². The van der Waals surface area contributed by atoms with Gasteiger partial charge in [-0.2, -0.15) is 0 Å². The normalized spacial score (nSPS) is 20.7. The van der Waals surface area contributed by atoms with Crippen molar-refractivity contribution in [2.45, 2.75) is 38.1 Å². The molecule has 0 aromatic heterocycles. The predicted octanol–water partition coefficient (Wildman–Crippen LogP) is 3.02. The van der Waals surface area contributed by atoms with E-state index in [2.05, 4.69) is 6.58 Å². The van der Waals surface area contributed by atoms with Gasteiger partial charge in [0.15, 0.2) is 6.04 Å². The first-order valence-electron chi connectivity index (χ1n) is 10.7. The molecule has 0 spiro atoms. The maximum absolute atomic E-state index is 13.6. The molecule has 1 aliphatic rings. The minimum Gasteiger partial charge on any atom is -0.497 e. The zero-order valence-corrected chi connectivity index (χ0v) is 18.5. The van der Waals surface area contributed by atoms with E-state index >= 15 is 0 Å². The van der Waals surface area contributed by atoms with Crippen LogP contribution in [0.25, 0.3) is 0 Å². The van der Waals surface area contributed by atoms with E-state index in [1.807, 2.05) is 42.5 Å². The van der Waals surface area contributed by atoms with Crippen molar-refractivity contribution in [3.8, 4) is 5.75 Å². The van der Waals surface area contributed by atoms with Crippen LogP contribution >= 0.6 is 0 Å². The average molecular weight is 439 g/mol. The number of aliphatic hydroxyl groups is 1. The number of nitrogens with zero attached hydrogens (tertiary/aromatic N) is 2. The number of benzene rings is 2. The van der Waals surface area contributed by atoms with Gasteiger partial charge in [0.1, 0.15) is 11.9 Å². The molecule has 1 N–H and O–H groups in total. The van der Waals surface area contributed by atoms with Crippen LogP contribution in [-0.2, 0) is 22.5 Å². The zero-order valence-electron chi connectivity index (χ0n) is 18.5. The lowest BCUT2D eigenvalue weighted by atomic mass is 9.91. The van der Waals surface area contributed by atoms with Crippen LogP contribution in [-0.4, -0.2) is 65.4 Å². The van der Waals surface area contributed by atoms with Crippen LogP contribution < -0.4 is 4.74 Å². The number of aliphatic hydroxyl groups excluding tert-OH is 1. The van der Waals surface area contributed by atoms with E-state index in [1.54, 1.807) is 37.1 Å². The summed E-state index contributed by atoms with van der Waals surface area (Å²) >= 11 is 0. The van der Waals surface area contributed by atoms with E-state index in [4.69, 9.17) is 9.47 Å². The summed E-state index contributed by atoms with van der Waals surface area (Å²) in [6.45, 7) is 6.03. The van der Waals surface area contributed by atoms with Crippen LogP contribution in [0.5, 0.6) is 5.75 Å². The highest BCUT2D eigenvalue weighted by Gasteiger charge is 2.49. The van der Waals surface area contributed by atoms with Crippen molar-refractivity contribution >= 4 is 12.0 Å². The van der Waals surface area contributed by atoms with Gasteiger partial charge in [0.25, 0.3) is 0 Å². The van der Waals surface area contributed by atoms with Crippen LogP contribution in [0.3, 0.4) is 0 Å². The summed E-state index contributed by atoms with van der Waals surface area (Å²) in [5.74, 6) is 0.0788. The highest BCUT2D eigenvalue weighted by Crippen LogP contribution is 2.28. The average Bonchev–Trinajstić information content (AvgIpc) is 2.81. The maximum atomic E-state index is 13.6. The lowest BCUT2D eigenvalue weighted by molar-refractivity contribution is -0.158. The van der Waals surface area contributed by atoms with Crippen molar-refractivity contribution in [3.05, 3.63) is 78.4 Å². The summed E-state index contributed by atoms with van der Waals surface area (Å²) < 4.78 is 10.4. The van der Waals surface area contributed by atoms with Crippen molar-refractivity contribution < 1.29 is 24.2 Å². The van der Waals surface area contributed by atoms with Crippen LogP contribution in [0, 0.1) is 0 Å². The van der Waals surface area contributed by atoms with Crippen molar-refractivity contribution in [3.63, 3.8) is 0 Å². The molecule has 0 saturated carbocycles. The standard InChI is InChI=1S/C25H30N2O5/c1-4-15-26-21(16-18-9-7-6-8-10-18)23(28)22(24(29)32-5-2)27(25(26)30)17-19-11-13-20(31-3)14-12-19/h4,6-14,21-23,28H,1,5,15-17H2,2-3H3/t21-,22+,23+/m0/s1. The van der Waals surface area contributed by atoms with Crippen molar-refractivity contribution in [2.24, 2.45) is 0 Å². The Morgan fingerprint density at radius 1 is 1.09 bits per heavy atom. The third-order valence-corrected chi connectivity index (χ3v) is 5.60. The summed E-state index contributed by atoms with van der Waals surface area (Å²) in [5.41, 5.74) is 1.77. The molecule has 0 unspecified atom stereocenters. The molecular weight excluding hydrogens is 408 g/mol. The summed E-state index contributed by atoms with van der Waals surface area (Å²) in [6.07, 6.45) is 0.900. The number of ether oxygens (including phenoxy) is 2. The topological polar surface area (TPSA) is 79.3 Å². The number of esters is 1. The van der Waals surface area contributed by atoms with E-state index < -0.39 is 24.2 Å². The summed E-state index contributed by atoms with van der Waals surface area (Å²) in [5, 5.41) is 11.3. The zero-order chi connectivity index (χ0) is 23.1. The highest BCUT2D eigenvalue weighted by molar-refractivity contribution is 5.86. The van der Waals surface area contributed by atoms with E-state index in [9.17, 15) is 14.7 Å². The number of methoxy groups -OCH3 is 1. The summed E-state index contributed by atoms with van der Waals surface area (Å²) in [6, 6.07) is 14.8. The van der Waals surface area contributed by atoms with E-state index in [1.165, 1.54) is 4.90 Å². The fourth-order valence-corrected chi connectivity index (χ4v) is 4.03. The van der Waals surface area contributed by atoms with Gasteiger partial charge in [-0.15, -0.1) is 6.58 Å². The number of amides is 2. The highest BCUT2D eigenvalue weighted by atomic mass is 16.5. The lowest BCUT2D eigenvalue weighted by Gasteiger charge is -2.48. The molecular formula is C25H30N2O5. The van der Waals surface area contributed by atoms with Crippen molar-refractivity contribution in [2.75, 3.05) is 20.3 Å². The van der Waals surface area contributed by atoms with Crippen LogP contribution in [0.4, 0.5) is 4.79 Å². The quantitative estimate of drug-likeness (QED) is 0.481. The van der Waals surface area contributed by atoms with Gasteiger partial charge in [0.2, 0.25) is 0 Å². The summed E-state index contributed by atoms with van der Waals surface area (Å²) in [7, 11) is 1.58. The third-order valence-electron chi connectivity index (χ3n) is 5.60. The van der Waals surface area contributed by atoms with E-state index in [0.717, 1.165) is 11.1 Å². The van der Waals surface area contributed by atoms with E-state index in [-0.39, 0.29) is 25.7 Å². The molecule has 0 bridgehead atoms. The molecule has 1 fully saturated rings. The number of rotatable bonds is 9. The van der Waals surface area contributed by atoms with Gasteiger partial charge < -0.3 is 24.4 Å². The molecule has 1 saturated heterocycles. The molecule has 7 nitrogen and oxygen atoms in total. The van der Waals surface area contributed by atoms with Gasteiger partial charge in [-0.05, 0) is 36.6 Å². The monoisotopic (exact) mass is 438 g/mol. The molecule has 1 aliphatic heterocycles.